The maximum Gasteiger partial charge on any atom is 0.311 e. The van der Waals surface area contributed by atoms with Crippen LogP contribution < -0.4 is 0 Å². The highest BCUT2D eigenvalue weighted by molar-refractivity contribution is 5.84. The van der Waals surface area contributed by atoms with Gasteiger partial charge in [0.05, 0.1) is 35.9 Å². The van der Waals surface area contributed by atoms with Crippen molar-refractivity contribution in [2.45, 2.75) is 134 Å². The number of carbonyl (C=O) groups excluding carboxylic acids is 3. The van der Waals surface area contributed by atoms with Gasteiger partial charge in [-0.25, -0.2) is 0 Å². The average Bonchev–Trinajstić information content (AvgIpc) is 3.00. The van der Waals surface area contributed by atoms with Crippen LogP contribution >= 0.6 is 0 Å². The van der Waals surface area contributed by atoms with Crippen molar-refractivity contribution in [2.24, 2.45) is 17.8 Å². The molecule has 3 fully saturated rings. The quantitative estimate of drug-likeness (QED) is 0.389. The second kappa shape index (κ2) is 14.3. The highest BCUT2D eigenvalue weighted by Gasteiger charge is 2.51. The van der Waals surface area contributed by atoms with Gasteiger partial charge in [-0.1, -0.05) is 20.8 Å². The fraction of sp³-hybridized carbons (Fsp3) is 0.903. The minimum atomic E-state index is -1.91. The molecule has 12 heteroatoms. The van der Waals surface area contributed by atoms with Crippen LogP contribution in [-0.4, -0.2) is 125 Å². The molecule has 43 heavy (non-hydrogen) atoms. The summed E-state index contributed by atoms with van der Waals surface area (Å²) in [4.78, 5) is 41.9. The lowest BCUT2D eigenvalue weighted by molar-refractivity contribution is -0.294. The first-order valence-corrected chi connectivity index (χ1v) is 15.5. The molecule has 3 saturated heterocycles. The average molecular weight is 616 g/mol. The van der Waals surface area contributed by atoms with Gasteiger partial charge in [0.1, 0.15) is 36.8 Å². The number of esters is 1. The van der Waals surface area contributed by atoms with Crippen molar-refractivity contribution in [3.8, 4) is 0 Å². The Morgan fingerprint density at radius 3 is 2.26 bits per heavy atom. The third-order valence-corrected chi connectivity index (χ3v) is 9.65. The zero-order valence-corrected chi connectivity index (χ0v) is 27.1. The fourth-order valence-electron chi connectivity index (χ4n) is 6.69. The molecule has 0 aromatic rings. The Morgan fingerprint density at radius 1 is 1.00 bits per heavy atom. The van der Waals surface area contributed by atoms with Crippen LogP contribution in [0.4, 0.5) is 0 Å². The van der Waals surface area contributed by atoms with Gasteiger partial charge < -0.3 is 43.9 Å². The first kappa shape index (κ1) is 36.0. The highest BCUT2D eigenvalue weighted by atomic mass is 16.7. The largest absolute Gasteiger partial charge is 0.459 e. The zero-order chi connectivity index (χ0) is 32.4. The molecule has 0 aromatic heterocycles. The lowest BCUT2D eigenvalue weighted by atomic mass is 9.76. The molecular formula is C31H53NO11. The number of nitrogens with zero attached hydrogens (tertiary/aromatic N) is 1. The van der Waals surface area contributed by atoms with Crippen LogP contribution in [0, 0.1) is 17.8 Å². The number of fused-ring (bicyclic) bond motifs is 3. The molecule has 248 valence electrons. The number of ether oxygens (including phenoxy) is 5. The molecule has 0 radical (unpaired) electrons. The van der Waals surface area contributed by atoms with Crippen molar-refractivity contribution in [3.63, 3.8) is 0 Å². The molecule has 13 atom stereocenters. The molecule has 12 nitrogen and oxygen atoms in total. The van der Waals surface area contributed by atoms with E-state index in [9.17, 15) is 29.7 Å². The first-order valence-electron chi connectivity index (χ1n) is 15.5. The minimum Gasteiger partial charge on any atom is -0.459 e. The van der Waals surface area contributed by atoms with Gasteiger partial charge >= 0.3 is 5.97 Å². The van der Waals surface area contributed by atoms with Crippen LogP contribution in [0.15, 0.2) is 0 Å². The van der Waals surface area contributed by atoms with Crippen LogP contribution in [-0.2, 0) is 38.1 Å². The Kier molecular flexibility index (Phi) is 11.9. The summed E-state index contributed by atoms with van der Waals surface area (Å²) in [6.07, 6.45) is -5.82. The molecule has 0 spiro atoms. The van der Waals surface area contributed by atoms with Crippen molar-refractivity contribution in [1.29, 1.82) is 0 Å². The van der Waals surface area contributed by atoms with E-state index in [2.05, 4.69) is 0 Å². The Morgan fingerprint density at radius 2 is 1.65 bits per heavy atom. The van der Waals surface area contributed by atoms with E-state index in [0.717, 1.165) is 0 Å². The molecule has 3 aliphatic heterocycles. The maximum atomic E-state index is 13.7. The molecule has 3 N–H and O–H groups in total. The smallest absolute Gasteiger partial charge is 0.311 e. The number of aliphatic hydroxyl groups is 3. The number of likely N-dealkylation sites (N-methyl/N-ethyl adjacent to an activating group) is 1. The molecule has 3 aliphatic rings. The Bertz CT molecular complexity index is 989. The van der Waals surface area contributed by atoms with Crippen molar-refractivity contribution in [1.82, 2.24) is 4.90 Å². The third-order valence-electron chi connectivity index (χ3n) is 9.65. The molecule has 3 heterocycles. The lowest BCUT2D eigenvalue weighted by Gasteiger charge is -2.46. The van der Waals surface area contributed by atoms with Crippen molar-refractivity contribution >= 4 is 17.5 Å². The summed E-state index contributed by atoms with van der Waals surface area (Å²) in [7, 11) is 3.74. The van der Waals surface area contributed by atoms with Gasteiger partial charge in [-0.05, 0) is 61.1 Å². The topological polar surface area (TPSA) is 161 Å². The number of Topliss-reactive ketones (excluding diaryl/α,β-unsaturated/α-hetero) is 2. The predicted octanol–water partition coefficient (Wildman–Crippen LogP) is 1.25. The summed E-state index contributed by atoms with van der Waals surface area (Å²) in [5, 5.41) is 33.8. The standard InChI is InChI=1S/C31H53NO11/c1-10-23-31(7,38)27(36)19(5)25(34)16(2)13-30(6)24(43-29-26(35)21(32(8)9)11-17(3)41-29)12-22(18(4)28(37)42-23)39-14-20(33)15-40-30/h16-19,21-24,26-27,29,35-36,38H,10-15H2,1-9H3/t16-,17-,18-,19+,21+,22-,23-,24-,26-,27-,29?,30+,31-/m1/s1. The molecule has 0 amide bonds. The molecule has 0 aliphatic carbocycles. The van der Waals surface area contributed by atoms with E-state index in [0.29, 0.717) is 6.42 Å². The summed E-state index contributed by atoms with van der Waals surface area (Å²) in [5.74, 6) is -4.00. The fourth-order valence-corrected chi connectivity index (χ4v) is 6.69. The van der Waals surface area contributed by atoms with Gasteiger partial charge in [0.2, 0.25) is 0 Å². The monoisotopic (exact) mass is 615 g/mol. The van der Waals surface area contributed by atoms with Crippen molar-refractivity contribution < 1.29 is 53.4 Å². The number of carbonyl (C=O) groups is 3. The number of ketones is 2. The zero-order valence-electron chi connectivity index (χ0n) is 27.1. The molecule has 2 bridgehead atoms. The summed E-state index contributed by atoms with van der Waals surface area (Å²) >= 11 is 0. The SMILES string of the molecule is CC[C@H]1OC(=O)[C@H](C)[C@H]2C[C@@H](OC3O[C@H](C)C[C@H](N(C)C)[C@H]3O)[C@](C)(C[C@@H](C)C(=O)[C@H](C)[C@@H](O)[C@]1(C)O)OCC(=O)CO2. The summed E-state index contributed by atoms with van der Waals surface area (Å²) in [6, 6.07) is -0.251. The van der Waals surface area contributed by atoms with Crippen LogP contribution in [0.25, 0.3) is 0 Å². The van der Waals surface area contributed by atoms with Crippen molar-refractivity contribution in [2.75, 3.05) is 27.3 Å². The molecule has 1 unspecified atom stereocenters. The number of aliphatic hydroxyl groups excluding tert-OH is 2. The third kappa shape index (κ3) is 8.02. The number of hydrogen-bond donors (Lipinski definition) is 3. The second-order valence-corrected chi connectivity index (χ2v) is 13.5. The number of cyclic esters (lactones) is 1. The van der Waals surface area contributed by atoms with Crippen molar-refractivity contribution in [3.05, 3.63) is 0 Å². The van der Waals surface area contributed by atoms with Gasteiger partial charge in [-0.15, -0.1) is 0 Å². The maximum absolute atomic E-state index is 13.7. The Balaban J connectivity index is 2.11. The first-order chi connectivity index (χ1) is 19.9. The van der Waals surface area contributed by atoms with E-state index in [4.69, 9.17) is 23.7 Å². The summed E-state index contributed by atoms with van der Waals surface area (Å²) < 4.78 is 30.6. The normalized spacial score (nSPS) is 46.1. The van der Waals surface area contributed by atoms with E-state index >= 15 is 0 Å². The Hall–Kier alpha value is -1.51. The van der Waals surface area contributed by atoms with E-state index in [-0.39, 0.29) is 56.2 Å². The van der Waals surface area contributed by atoms with E-state index in [1.54, 1.807) is 27.7 Å². The van der Waals surface area contributed by atoms with Gasteiger partial charge in [0.25, 0.3) is 0 Å². The number of hydrogen-bond acceptors (Lipinski definition) is 12. The van der Waals surface area contributed by atoms with Crippen LogP contribution in [0.2, 0.25) is 0 Å². The van der Waals surface area contributed by atoms with E-state index < -0.39 is 71.7 Å². The highest BCUT2D eigenvalue weighted by Crippen LogP contribution is 2.38. The Labute approximate surface area is 255 Å². The minimum absolute atomic E-state index is 0.0555. The van der Waals surface area contributed by atoms with E-state index in [1.165, 1.54) is 13.8 Å². The van der Waals surface area contributed by atoms with Gasteiger partial charge in [0, 0.05) is 24.3 Å². The van der Waals surface area contributed by atoms with Gasteiger partial charge in [0.15, 0.2) is 12.1 Å². The molecule has 3 rings (SSSR count). The van der Waals surface area contributed by atoms with Crippen LogP contribution in [0.5, 0.6) is 0 Å². The van der Waals surface area contributed by atoms with E-state index in [1.807, 2.05) is 25.9 Å². The summed E-state index contributed by atoms with van der Waals surface area (Å²) in [6.45, 7) is 10.9. The van der Waals surface area contributed by atoms with Crippen LogP contribution in [0.1, 0.15) is 74.1 Å². The lowest BCUT2D eigenvalue weighted by Crippen LogP contribution is -2.58. The summed E-state index contributed by atoms with van der Waals surface area (Å²) in [5.41, 5.74) is -3.19. The molecule has 0 saturated carbocycles. The molecule has 0 aromatic carbocycles. The molecular weight excluding hydrogens is 562 g/mol. The van der Waals surface area contributed by atoms with Gasteiger partial charge in [-0.3, -0.25) is 14.4 Å². The van der Waals surface area contributed by atoms with Gasteiger partial charge in [-0.2, -0.15) is 0 Å². The number of rotatable bonds is 4. The predicted molar refractivity (Wildman–Crippen MR) is 155 cm³/mol. The second-order valence-electron chi connectivity index (χ2n) is 13.5. The van der Waals surface area contributed by atoms with Crippen LogP contribution in [0.3, 0.4) is 0 Å².